The average molecular weight is 367 g/mol. The number of amides is 1. The summed E-state index contributed by atoms with van der Waals surface area (Å²) in [6.07, 6.45) is 3.53. The van der Waals surface area contributed by atoms with Crippen LogP contribution in [-0.2, 0) is 9.53 Å². The van der Waals surface area contributed by atoms with Gasteiger partial charge in [0.15, 0.2) is 0 Å². The number of nitrogens with one attached hydrogen (secondary N) is 1. The van der Waals surface area contributed by atoms with Gasteiger partial charge in [-0.2, -0.15) is 5.26 Å². The molecule has 0 spiro atoms. The van der Waals surface area contributed by atoms with Crippen molar-refractivity contribution in [2.24, 2.45) is 0 Å². The summed E-state index contributed by atoms with van der Waals surface area (Å²) in [4.78, 5) is 12.3. The van der Waals surface area contributed by atoms with Crippen LogP contribution in [0.2, 0.25) is 0 Å². The number of ether oxygens (including phenoxy) is 1. The fourth-order valence-electron chi connectivity index (χ4n) is 3.33. The topological polar surface area (TPSA) is 67.1 Å². The van der Waals surface area contributed by atoms with Crippen molar-refractivity contribution < 1.29 is 13.9 Å². The van der Waals surface area contributed by atoms with E-state index in [1.807, 2.05) is 30.6 Å². The third-order valence-electron chi connectivity index (χ3n) is 4.73. The summed E-state index contributed by atoms with van der Waals surface area (Å²) in [6, 6.07) is 10.1. The monoisotopic (exact) mass is 367 g/mol. The summed E-state index contributed by atoms with van der Waals surface area (Å²) in [6.45, 7) is 4.96. The average Bonchev–Trinajstić information content (AvgIpc) is 3.27. The van der Waals surface area contributed by atoms with E-state index in [9.17, 15) is 14.4 Å². The number of aryl methyl sites for hydroxylation is 1. The minimum Gasteiger partial charge on any atom is -0.376 e. The van der Waals surface area contributed by atoms with Crippen molar-refractivity contribution in [1.82, 2.24) is 9.88 Å². The highest BCUT2D eigenvalue weighted by atomic mass is 19.1. The maximum Gasteiger partial charge on any atom is 0.262 e. The van der Waals surface area contributed by atoms with Crippen LogP contribution in [0.3, 0.4) is 0 Å². The van der Waals surface area contributed by atoms with Crippen molar-refractivity contribution in [1.29, 1.82) is 5.26 Å². The highest BCUT2D eigenvalue weighted by Gasteiger charge is 2.18. The Morgan fingerprint density at radius 1 is 1.41 bits per heavy atom. The van der Waals surface area contributed by atoms with Crippen LogP contribution >= 0.6 is 0 Å². The number of hydrogen-bond acceptors (Lipinski definition) is 3. The molecule has 0 saturated carbocycles. The number of aromatic nitrogens is 1. The van der Waals surface area contributed by atoms with Crippen LogP contribution in [0.25, 0.3) is 11.8 Å². The summed E-state index contributed by atoms with van der Waals surface area (Å²) < 4.78 is 20.6. The van der Waals surface area contributed by atoms with Crippen LogP contribution in [0.5, 0.6) is 0 Å². The molecule has 1 aromatic carbocycles. The Morgan fingerprint density at radius 2 is 2.15 bits per heavy atom. The van der Waals surface area contributed by atoms with Gasteiger partial charge in [0.1, 0.15) is 17.5 Å². The quantitative estimate of drug-likeness (QED) is 0.650. The number of halogens is 1. The first-order chi connectivity index (χ1) is 13.0. The first kappa shape index (κ1) is 18.9. The molecular formula is C21H22FN3O2. The zero-order chi connectivity index (χ0) is 19.4. The third kappa shape index (κ3) is 4.26. The van der Waals surface area contributed by atoms with Gasteiger partial charge < -0.3 is 14.6 Å². The maximum atomic E-state index is 13.2. The van der Waals surface area contributed by atoms with Crippen LogP contribution in [0.1, 0.15) is 29.8 Å². The molecule has 1 aliphatic rings. The summed E-state index contributed by atoms with van der Waals surface area (Å²) in [5.41, 5.74) is 3.46. The molecule has 2 aromatic rings. The van der Waals surface area contributed by atoms with Gasteiger partial charge in [-0.25, -0.2) is 4.39 Å². The molecule has 0 radical (unpaired) electrons. The molecule has 1 saturated heterocycles. The van der Waals surface area contributed by atoms with Crippen LogP contribution < -0.4 is 5.32 Å². The Balaban J connectivity index is 1.82. The lowest BCUT2D eigenvalue weighted by Gasteiger charge is -2.10. The molecule has 0 unspecified atom stereocenters. The van der Waals surface area contributed by atoms with E-state index in [1.165, 1.54) is 12.1 Å². The third-order valence-corrected chi connectivity index (χ3v) is 4.73. The van der Waals surface area contributed by atoms with Crippen LogP contribution in [0.4, 0.5) is 4.39 Å². The minimum atomic E-state index is -0.403. The van der Waals surface area contributed by atoms with Gasteiger partial charge in [0, 0.05) is 30.2 Å². The van der Waals surface area contributed by atoms with E-state index >= 15 is 0 Å². The zero-order valence-corrected chi connectivity index (χ0v) is 15.5. The molecule has 1 aromatic heterocycles. The number of benzene rings is 1. The van der Waals surface area contributed by atoms with Crippen molar-refractivity contribution in [3.63, 3.8) is 0 Å². The van der Waals surface area contributed by atoms with Crippen molar-refractivity contribution in [3.8, 4) is 11.8 Å². The van der Waals surface area contributed by atoms with Gasteiger partial charge in [-0.1, -0.05) is 0 Å². The Kier molecular flexibility index (Phi) is 5.72. The highest BCUT2D eigenvalue weighted by molar-refractivity contribution is 6.01. The second-order valence-electron chi connectivity index (χ2n) is 6.65. The van der Waals surface area contributed by atoms with Crippen LogP contribution in [0, 0.1) is 31.0 Å². The Morgan fingerprint density at radius 3 is 2.78 bits per heavy atom. The lowest BCUT2D eigenvalue weighted by molar-refractivity contribution is -0.117. The van der Waals surface area contributed by atoms with E-state index in [0.717, 1.165) is 42.1 Å². The Bertz CT molecular complexity index is 901. The fourth-order valence-corrected chi connectivity index (χ4v) is 3.33. The van der Waals surface area contributed by atoms with E-state index in [2.05, 4.69) is 5.32 Å². The first-order valence-corrected chi connectivity index (χ1v) is 8.96. The van der Waals surface area contributed by atoms with Gasteiger partial charge in [-0.05, 0) is 68.7 Å². The molecule has 3 rings (SSSR count). The van der Waals surface area contributed by atoms with Gasteiger partial charge in [-0.3, -0.25) is 4.79 Å². The summed E-state index contributed by atoms with van der Waals surface area (Å²) in [5.74, 6) is -0.699. The van der Waals surface area contributed by atoms with Gasteiger partial charge >= 0.3 is 0 Å². The van der Waals surface area contributed by atoms with Gasteiger partial charge in [0.25, 0.3) is 5.91 Å². The molecule has 1 amide bonds. The molecule has 1 aliphatic heterocycles. The van der Waals surface area contributed by atoms with E-state index in [-0.39, 0.29) is 17.5 Å². The summed E-state index contributed by atoms with van der Waals surface area (Å²) in [5, 5.41) is 12.2. The largest absolute Gasteiger partial charge is 0.376 e. The number of carbonyl (C=O) groups excluding carboxylic acids is 1. The highest BCUT2D eigenvalue weighted by Crippen LogP contribution is 2.23. The molecule has 6 heteroatoms. The minimum absolute atomic E-state index is 0.0254. The van der Waals surface area contributed by atoms with Crippen molar-refractivity contribution in [2.45, 2.75) is 32.8 Å². The summed E-state index contributed by atoms with van der Waals surface area (Å²) >= 11 is 0. The molecule has 1 N–H and O–H groups in total. The smallest absolute Gasteiger partial charge is 0.262 e. The van der Waals surface area contributed by atoms with E-state index in [4.69, 9.17) is 4.74 Å². The normalized spacial score (nSPS) is 17.0. The molecule has 27 heavy (non-hydrogen) atoms. The van der Waals surface area contributed by atoms with E-state index in [0.29, 0.717) is 6.54 Å². The molecule has 0 bridgehead atoms. The fraction of sp³-hybridized carbons (Fsp3) is 0.333. The van der Waals surface area contributed by atoms with E-state index < -0.39 is 5.91 Å². The first-order valence-electron chi connectivity index (χ1n) is 8.96. The SMILES string of the molecule is Cc1cc(/C=C(\C#N)C(=O)NC[C@@H]2CCCO2)c(C)n1-c1ccc(F)cc1. The van der Waals surface area contributed by atoms with Crippen LogP contribution in [0.15, 0.2) is 35.9 Å². The number of hydrogen-bond donors (Lipinski definition) is 1. The number of rotatable bonds is 5. The number of nitriles is 1. The Hall–Kier alpha value is -2.91. The molecule has 1 fully saturated rings. The zero-order valence-electron chi connectivity index (χ0n) is 15.5. The molecule has 1 atom stereocenters. The molecule has 2 heterocycles. The predicted octanol–water partition coefficient (Wildman–Crippen LogP) is 3.44. The number of carbonyl (C=O) groups is 1. The van der Waals surface area contributed by atoms with Crippen LogP contribution in [-0.4, -0.2) is 29.7 Å². The second kappa shape index (κ2) is 8.19. The molecular weight excluding hydrogens is 345 g/mol. The van der Waals surface area contributed by atoms with Crippen molar-refractivity contribution in [3.05, 3.63) is 58.7 Å². The second-order valence-corrected chi connectivity index (χ2v) is 6.65. The van der Waals surface area contributed by atoms with E-state index in [1.54, 1.807) is 18.2 Å². The molecule has 0 aliphatic carbocycles. The Labute approximate surface area is 158 Å². The lowest BCUT2D eigenvalue weighted by atomic mass is 10.1. The van der Waals surface area contributed by atoms with Gasteiger partial charge in [-0.15, -0.1) is 0 Å². The predicted molar refractivity (Wildman–Crippen MR) is 101 cm³/mol. The molecule has 5 nitrogen and oxygen atoms in total. The van der Waals surface area contributed by atoms with Gasteiger partial charge in [0.2, 0.25) is 0 Å². The van der Waals surface area contributed by atoms with Crippen molar-refractivity contribution in [2.75, 3.05) is 13.2 Å². The standard InChI is InChI=1S/C21H22FN3O2/c1-14-10-16(15(2)25(14)19-7-5-18(22)6-8-19)11-17(12-23)21(26)24-13-20-4-3-9-27-20/h5-8,10-11,20H,3-4,9,13H2,1-2H3,(H,24,26)/b17-11+/t20-/m0/s1. The summed E-state index contributed by atoms with van der Waals surface area (Å²) in [7, 11) is 0. The number of nitrogens with zero attached hydrogens (tertiary/aromatic N) is 2. The maximum absolute atomic E-state index is 13.2. The lowest BCUT2D eigenvalue weighted by Crippen LogP contribution is -2.32. The van der Waals surface area contributed by atoms with Gasteiger partial charge in [0.05, 0.1) is 6.10 Å². The van der Waals surface area contributed by atoms with Crippen molar-refractivity contribution >= 4 is 12.0 Å². The molecule has 140 valence electrons.